The van der Waals surface area contributed by atoms with Gasteiger partial charge in [0.05, 0.1) is 11.9 Å². The lowest BCUT2D eigenvalue weighted by atomic mass is 10.2. The molecule has 0 aliphatic carbocycles. The quantitative estimate of drug-likeness (QED) is 0.676. The number of para-hydroxylation sites is 1. The zero-order valence-corrected chi connectivity index (χ0v) is 14.6. The van der Waals surface area contributed by atoms with Crippen molar-refractivity contribution >= 4 is 12.2 Å². The standard InChI is InChI=1S/C17H18N6O3/c1-11-8-12(2)22(21-11)17-20-19-13(3)23(17)18-9-14-6-4-5-7-15(14)26-10-16(24)25/h4-9H,10H2,1-3H3,(H,24,25)/b18-9+. The number of nitrogens with zero attached hydrogens (tertiary/aromatic N) is 6. The van der Waals surface area contributed by atoms with Crippen LogP contribution in [0.3, 0.4) is 0 Å². The van der Waals surface area contributed by atoms with E-state index in [0.29, 0.717) is 23.1 Å². The van der Waals surface area contributed by atoms with Gasteiger partial charge in [-0.25, -0.2) is 9.48 Å². The van der Waals surface area contributed by atoms with Crippen LogP contribution in [0.5, 0.6) is 5.75 Å². The summed E-state index contributed by atoms with van der Waals surface area (Å²) in [5, 5.41) is 25.8. The molecule has 0 amide bonds. The first-order valence-electron chi connectivity index (χ1n) is 7.89. The van der Waals surface area contributed by atoms with Crippen molar-refractivity contribution in [1.29, 1.82) is 0 Å². The van der Waals surface area contributed by atoms with Crippen molar-refractivity contribution in [3.8, 4) is 11.7 Å². The van der Waals surface area contributed by atoms with Gasteiger partial charge >= 0.3 is 5.97 Å². The second-order valence-corrected chi connectivity index (χ2v) is 5.66. The number of carboxylic acids is 1. The Bertz CT molecular complexity index is 973. The summed E-state index contributed by atoms with van der Waals surface area (Å²) in [6.07, 6.45) is 1.57. The van der Waals surface area contributed by atoms with E-state index in [4.69, 9.17) is 9.84 Å². The van der Waals surface area contributed by atoms with Gasteiger partial charge in [-0.1, -0.05) is 12.1 Å². The van der Waals surface area contributed by atoms with Crippen LogP contribution in [0.2, 0.25) is 0 Å². The number of aliphatic carboxylic acids is 1. The van der Waals surface area contributed by atoms with Gasteiger partial charge in [0, 0.05) is 11.3 Å². The Hall–Kier alpha value is -3.49. The minimum Gasteiger partial charge on any atom is -0.481 e. The van der Waals surface area contributed by atoms with Crippen LogP contribution in [-0.4, -0.2) is 48.6 Å². The van der Waals surface area contributed by atoms with Gasteiger partial charge in [0.15, 0.2) is 12.4 Å². The van der Waals surface area contributed by atoms with Crippen LogP contribution in [0.15, 0.2) is 35.4 Å². The van der Waals surface area contributed by atoms with Crippen LogP contribution in [0, 0.1) is 20.8 Å². The molecule has 0 fully saturated rings. The molecule has 9 nitrogen and oxygen atoms in total. The SMILES string of the molecule is Cc1cc(C)n(-c2nnc(C)n2/N=C/c2ccccc2OCC(=O)O)n1. The zero-order chi connectivity index (χ0) is 18.7. The van der Waals surface area contributed by atoms with E-state index < -0.39 is 12.6 Å². The molecular weight excluding hydrogens is 336 g/mol. The fraction of sp³-hybridized carbons (Fsp3) is 0.235. The number of carbonyl (C=O) groups is 1. The van der Waals surface area contributed by atoms with Crippen LogP contribution in [0.25, 0.3) is 5.95 Å². The van der Waals surface area contributed by atoms with Crippen LogP contribution < -0.4 is 4.74 Å². The Morgan fingerprint density at radius 2 is 2.04 bits per heavy atom. The summed E-state index contributed by atoms with van der Waals surface area (Å²) >= 11 is 0. The molecule has 2 aromatic heterocycles. The Labute approximate surface area is 149 Å². The van der Waals surface area contributed by atoms with Gasteiger partial charge in [0.25, 0.3) is 5.95 Å². The summed E-state index contributed by atoms with van der Waals surface area (Å²) in [7, 11) is 0. The molecule has 134 valence electrons. The van der Waals surface area contributed by atoms with E-state index >= 15 is 0 Å². The fourth-order valence-electron chi connectivity index (χ4n) is 2.42. The first-order chi connectivity index (χ1) is 12.5. The lowest BCUT2D eigenvalue weighted by Crippen LogP contribution is -2.11. The number of rotatable bonds is 6. The number of ether oxygens (including phenoxy) is 1. The molecule has 3 aromatic rings. The second-order valence-electron chi connectivity index (χ2n) is 5.66. The zero-order valence-electron chi connectivity index (χ0n) is 14.6. The molecular formula is C17H18N6O3. The summed E-state index contributed by atoms with van der Waals surface area (Å²) < 4.78 is 8.52. The van der Waals surface area contributed by atoms with Crippen molar-refractivity contribution in [2.24, 2.45) is 5.10 Å². The van der Waals surface area contributed by atoms with Crippen LogP contribution in [0.1, 0.15) is 22.8 Å². The van der Waals surface area contributed by atoms with Crippen molar-refractivity contribution in [2.75, 3.05) is 6.61 Å². The van der Waals surface area contributed by atoms with E-state index in [1.165, 1.54) is 0 Å². The molecule has 1 N–H and O–H groups in total. The number of aryl methyl sites for hydroxylation is 3. The highest BCUT2D eigenvalue weighted by Gasteiger charge is 2.13. The number of carboxylic acid groups (broad SMARTS) is 1. The number of hydrogen-bond donors (Lipinski definition) is 1. The monoisotopic (exact) mass is 354 g/mol. The lowest BCUT2D eigenvalue weighted by Gasteiger charge is -2.07. The molecule has 0 spiro atoms. The molecule has 0 saturated carbocycles. The highest BCUT2D eigenvalue weighted by atomic mass is 16.5. The average molecular weight is 354 g/mol. The average Bonchev–Trinajstić information content (AvgIpc) is 3.13. The Kier molecular flexibility index (Phi) is 4.78. The normalized spacial score (nSPS) is 11.2. The maximum Gasteiger partial charge on any atom is 0.341 e. The molecule has 2 heterocycles. The highest BCUT2D eigenvalue weighted by molar-refractivity contribution is 5.83. The molecule has 9 heteroatoms. The van der Waals surface area contributed by atoms with E-state index in [-0.39, 0.29) is 0 Å². The third-order valence-corrected chi connectivity index (χ3v) is 3.56. The summed E-state index contributed by atoms with van der Waals surface area (Å²) in [6.45, 7) is 5.18. The molecule has 0 bridgehead atoms. The number of hydrogen-bond acceptors (Lipinski definition) is 6. The van der Waals surface area contributed by atoms with E-state index in [2.05, 4.69) is 20.4 Å². The minimum absolute atomic E-state index is 0.423. The summed E-state index contributed by atoms with van der Waals surface area (Å²) in [4.78, 5) is 10.7. The molecule has 0 aliphatic heterocycles. The van der Waals surface area contributed by atoms with Crippen molar-refractivity contribution in [1.82, 2.24) is 24.7 Å². The van der Waals surface area contributed by atoms with Gasteiger partial charge in [-0.3, -0.25) is 0 Å². The molecule has 0 unspecified atom stereocenters. The van der Waals surface area contributed by atoms with Crippen LogP contribution in [0.4, 0.5) is 0 Å². The van der Waals surface area contributed by atoms with Crippen molar-refractivity contribution in [2.45, 2.75) is 20.8 Å². The molecule has 0 atom stereocenters. The smallest absolute Gasteiger partial charge is 0.341 e. The van der Waals surface area contributed by atoms with Gasteiger partial charge in [0.1, 0.15) is 5.75 Å². The molecule has 0 radical (unpaired) electrons. The first kappa shape index (κ1) is 17.3. The van der Waals surface area contributed by atoms with Crippen molar-refractivity contribution < 1.29 is 14.6 Å². The van der Waals surface area contributed by atoms with Crippen molar-refractivity contribution in [3.05, 3.63) is 53.1 Å². The maximum absolute atomic E-state index is 10.7. The molecule has 3 rings (SSSR count). The summed E-state index contributed by atoms with van der Waals surface area (Å²) in [5.74, 6) is 0.441. The van der Waals surface area contributed by atoms with Gasteiger partial charge < -0.3 is 9.84 Å². The van der Waals surface area contributed by atoms with E-state index in [1.54, 1.807) is 40.7 Å². The largest absolute Gasteiger partial charge is 0.481 e. The molecule has 26 heavy (non-hydrogen) atoms. The van der Waals surface area contributed by atoms with Gasteiger partial charge in [-0.15, -0.1) is 10.2 Å². The van der Waals surface area contributed by atoms with Gasteiger partial charge in [-0.2, -0.15) is 14.9 Å². The van der Waals surface area contributed by atoms with Gasteiger partial charge in [0.2, 0.25) is 0 Å². The minimum atomic E-state index is -1.04. The van der Waals surface area contributed by atoms with Crippen LogP contribution in [-0.2, 0) is 4.79 Å². The Balaban J connectivity index is 1.94. The lowest BCUT2D eigenvalue weighted by molar-refractivity contribution is -0.139. The first-order valence-corrected chi connectivity index (χ1v) is 7.89. The third kappa shape index (κ3) is 3.61. The maximum atomic E-state index is 10.7. The van der Waals surface area contributed by atoms with Crippen molar-refractivity contribution in [3.63, 3.8) is 0 Å². The van der Waals surface area contributed by atoms with E-state index in [0.717, 1.165) is 11.4 Å². The Morgan fingerprint density at radius 1 is 1.27 bits per heavy atom. The molecule has 0 saturated heterocycles. The number of benzene rings is 1. The van der Waals surface area contributed by atoms with E-state index in [9.17, 15) is 4.79 Å². The predicted molar refractivity (Wildman–Crippen MR) is 93.9 cm³/mol. The van der Waals surface area contributed by atoms with E-state index in [1.807, 2.05) is 26.0 Å². The fourth-order valence-corrected chi connectivity index (χ4v) is 2.42. The highest BCUT2D eigenvalue weighted by Crippen LogP contribution is 2.17. The number of aromatic nitrogens is 5. The topological polar surface area (TPSA) is 107 Å². The second kappa shape index (κ2) is 7.18. The molecule has 1 aromatic carbocycles. The molecule has 0 aliphatic rings. The van der Waals surface area contributed by atoms with Crippen LogP contribution >= 0.6 is 0 Å². The Morgan fingerprint density at radius 3 is 2.73 bits per heavy atom. The summed E-state index contributed by atoms with van der Waals surface area (Å²) in [6, 6.07) is 8.98. The third-order valence-electron chi connectivity index (χ3n) is 3.56. The summed E-state index contributed by atoms with van der Waals surface area (Å²) in [5.41, 5.74) is 2.42. The predicted octanol–water partition coefficient (Wildman–Crippen LogP) is 1.73. The van der Waals surface area contributed by atoms with Gasteiger partial charge in [-0.05, 0) is 39.0 Å².